The first kappa shape index (κ1) is 21.6. The van der Waals surface area contributed by atoms with Crippen LogP contribution in [0.2, 0.25) is 0 Å². The molecule has 0 aliphatic rings. The molecular formula is C18H5F10NO. The first-order chi connectivity index (χ1) is 14.0. The second-order valence-corrected chi connectivity index (χ2v) is 5.78. The number of aromatic nitrogens is 1. The van der Waals surface area contributed by atoms with Crippen LogP contribution in [0.1, 0.15) is 5.56 Å². The molecule has 3 rings (SSSR count). The molecule has 2 aromatic carbocycles. The molecule has 2 nitrogen and oxygen atoms in total. The summed E-state index contributed by atoms with van der Waals surface area (Å²) in [6, 6.07) is 0.526. The summed E-state index contributed by atoms with van der Waals surface area (Å²) in [6.07, 6.45) is 0.380. The molecule has 0 radical (unpaired) electrons. The Bertz CT molecular complexity index is 1140. The topological polar surface area (TPSA) is 33.1 Å². The number of pyridine rings is 1. The first-order valence-electron chi connectivity index (χ1n) is 7.66. The summed E-state index contributed by atoms with van der Waals surface area (Å²) in [7, 11) is 0. The molecule has 3 aromatic rings. The average Bonchev–Trinajstić information content (AvgIpc) is 2.74. The van der Waals surface area contributed by atoms with Crippen LogP contribution >= 0.6 is 0 Å². The molecule has 0 saturated heterocycles. The number of benzene rings is 2. The Balaban J connectivity index is 2.31. The van der Waals surface area contributed by atoms with Crippen LogP contribution in [0.3, 0.4) is 0 Å². The summed E-state index contributed by atoms with van der Waals surface area (Å²) in [5, 5.41) is 9.38. The molecule has 0 atom stereocenters. The van der Waals surface area contributed by atoms with Crippen LogP contribution in [0.4, 0.5) is 43.9 Å². The summed E-state index contributed by atoms with van der Waals surface area (Å²) in [4.78, 5) is 3.33. The second kappa shape index (κ2) is 7.59. The van der Waals surface area contributed by atoms with Gasteiger partial charge in [-0.3, -0.25) is 4.98 Å². The number of rotatable bonds is 3. The third-order valence-corrected chi connectivity index (χ3v) is 4.08. The molecule has 0 unspecified atom stereocenters. The molecule has 0 spiro atoms. The highest BCUT2D eigenvalue weighted by Crippen LogP contribution is 2.36. The van der Waals surface area contributed by atoms with Gasteiger partial charge < -0.3 is 5.11 Å². The second-order valence-electron chi connectivity index (χ2n) is 5.78. The van der Waals surface area contributed by atoms with Crippen LogP contribution in [0, 0.1) is 58.2 Å². The van der Waals surface area contributed by atoms with Gasteiger partial charge in [0.05, 0.1) is 23.4 Å². The normalized spacial score (nSPS) is 11.3. The molecule has 1 aromatic heterocycles. The van der Waals surface area contributed by atoms with Gasteiger partial charge in [0.1, 0.15) is 0 Å². The fourth-order valence-corrected chi connectivity index (χ4v) is 2.66. The Kier molecular flexibility index (Phi) is 5.46. The molecular weight excluding hydrogens is 436 g/mol. The van der Waals surface area contributed by atoms with Gasteiger partial charge in [-0.2, -0.15) is 0 Å². The van der Waals surface area contributed by atoms with Crippen molar-refractivity contribution in [1.82, 2.24) is 4.98 Å². The van der Waals surface area contributed by atoms with Crippen molar-refractivity contribution in [2.24, 2.45) is 0 Å². The molecule has 158 valence electrons. The van der Waals surface area contributed by atoms with E-state index in [0.717, 1.165) is 0 Å². The van der Waals surface area contributed by atoms with E-state index in [9.17, 15) is 49.0 Å². The van der Waals surface area contributed by atoms with Gasteiger partial charge in [-0.05, 0) is 6.07 Å². The van der Waals surface area contributed by atoms with Crippen LogP contribution in [0.25, 0.3) is 22.4 Å². The van der Waals surface area contributed by atoms with E-state index < -0.39 is 92.7 Å². The number of aliphatic hydroxyl groups is 1. The van der Waals surface area contributed by atoms with Crippen molar-refractivity contribution in [3.05, 3.63) is 76.0 Å². The van der Waals surface area contributed by atoms with Crippen LogP contribution in [-0.2, 0) is 6.61 Å². The number of hydrogen-bond acceptors (Lipinski definition) is 2. The van der Waals surface area contributed by atoms with Crippen LogP contribution in [0.15, 0.2) is 12.3 Å². The minimum atomic E-state index is -2.46. The maximum absolute atomic E-state index is 14.0. The molecule has 0 saturated carbocycles. The number of nitrogens with zero attached hydrogens (tertiary/aromatic N) is 1. The summed E-state index contributed by atoms with van der Waals surface area (Å²) in [6.45, 7) is -1.20. The molecule has 1 N–H and O–H groups in total. The summed E-state index contributed by atoms with van der Waals surface area (Å²) < 4.78 is 136. The van der Waals surface area contributed by atoms with Crippen molar-refractivity contribution in [3.8, 4) is 22.4 Å². The average molecular weight is 441 g/mol. The molecule has 12 heteroatoms. The Labute approximate surface area is 160 Å². The largest absolute Gasteiger partial charge is 0.392 e. The van der Waals surface area contributed by atoms with Gasteiger partial charge in [-0.25, -0.2) is 43.9 Å². The lowest BCUT2D eigenvalue weighted by molar-refractivity contribution is 0.282. The third-order valence-electron chi connectivity index (χ3n) is 4.08. The Morgan fingerprint density at radius 1 is 0.567 bits per heavy atom. The fourth-order valence-electron chi connectivity index (χ4n) is 2.66. The SMILES string of the molecule is OCc1cc(-c2c(F)c(F)c(F)c(F)c2F)cnc1-c1c(F)c(F)c(F)c(F)c1F. The Morgan fingerprint density at radius 2 is 0.933 bits per heavy atom. The Morgan fingerprint density at radius 3 is 1.33 bits per heavy atom. The molecule has 0 amide bonds. The van der Waals surface area contributed by atoms with Crippen LogP contribution in [-0.4, -0.2) is 10.1 Å². The predicted molar refractivity (Wildman–Crippen MR) is 80.6 cm³/mol. The summed E-state index contributed by atoms with van der Waals surface area (Å²) >= 11 is 0. The standard InChI is InChI=1S/C18H5F10NO/c19-8-6(9(20)13(24)16(27)12(8)23)4-1-5(3-30)18(29-2-4)7-10(21)14(25)17(28)15(26)11(7)22/h1-2,30H,3H2. The summed E-state index contributed by atoms with van der Waals surface area (Å²) in [5.41, 5.74) is -5.57. The van der Waals surface area contributed by atoms with Gasteiger partial charge in [-0.1, -0.05) is 0 Å². The van der Waals surface area contributed by atoms with Crippen LogP contribution in [0.5, 0.6) is 0 Å². The van der Waals surface area contributed by atoms with Crippen molar-refractivity contribution in [3.63, 3.8) is 0 Å². The van der Waals surface area contributed by atoms with E-state index in [1.165, 1.54) is 0 Å². The highest BCUT2D eigenvalue weighted by atomic mass is 19.2. The zero-order valence-corrected chi connectivity index (χ0v) is 14.0. The number of aliphatic hydroxyl groups excluding tert-OH is 1. The van der Waals surface area contributed by atoms with Gasteiger partial charge in [0.2, 0.25) is 11.6 Å². The minimum Gasteiger partial charge on any atom is -0.392 e. The zero-order chi connectivity index (χ0) is 22.5. The van der Waals surface area contributed by atoms with E-state index >= 15 is 0 Å². The van der Waals surface area contributed by atoms with Gasteiger partial charge >= 0.3 is 0 Å². The molecule has 30 heavy (non-hydrogen) atoms. The van der Waals surface area contributed by atoms with Crippen molar-refractivity contribution in [2.75, 3.05) is 0 Å². The van der Waals surface area contributed by atoms with E-state index in [0.29, 0.717) is 12.3 Å². The van der Waals surface area contributed by atoms with Crippen molar-refractivity contribution in [1.29, 1.82) is 0 Å². The van der Waals surface area contributed by atoms with Crippen molar-refractivity contribution < 1.29 is 49.0 Å². The highest BCUT2D eigenvalue weighted by molar-refractivity contribution is 5.71. The first-order valence-corrected chi connectivity index (χ1v) is 7.66. The number of halogens is 10. The molecule has 0 aliphatic heterocycles. The van der Waals surface area contributed by atoms with Crippen molar-refractivity contribution >= 4 is 0 Å². The molecule has 0 aliphatic carbocycles. The molecule has 1 heterocycles. The lowest BCUT2D eigenvalue weighted by Crippen LogP contribution is -2.08. The smallest absolute Gasteiger partial charge is 0.200 e. The third kappa shape index (κ3) is 3.07. The van der Waals surface area contributed by atoms with Gasteiger partial charge in [0, 0.05) is 17.3 Å². The maximum atomic E-state index is 14.0. The Hall–Kier alpha value is -3.15. The predicted octanol–water partition coefficient (Wildman–Crippen LogP) is 5.30. The lowest BCUT2D eigenvalue weighted by Gasteiger charge is -2.14. The molecule has 0 bridgehead atoms. The van der Waals surface area contributed by atoms with E-state index in [1.807, 2.05) is 0 Å². The maximum Gasteiger partial charge on any atom is 0.200 e. The fraction of sp³-hybridized carbons (Fsp3) is 0.0556. The van der Waals surface area contributed by atoms with E-state index in [2.05, 4.69) is 4.98 Å². The van der Waals surface area contributed by atoms with E-state index in [1.54, 1.807) is 0 Å². The van der Waals surface area contributed by atoms with Gasteiger partial charge in [0.15, 0.2) is 46.5 Å². The monoisotopic (exact) mass is 441 g/mol. The van der Waals surface area contributed by atoms with E-state index in [4.69, 9.17) is 0 Å². The number of hydrogen-bond donors (Lipinski definition) is 1. The quantitative estimate of drug-likeness (QED) is 0.340. The summed E-state index contributed by atoms with van der Waals surface area (Å²) in [5.74, 6) is -23.3. The van der Waals surface area contributed by atoms with Crippen LogP contribution < -0.4 is 0 Å². The van der Waals surface area contributed by atoms with E-state index in [-0.39, 0.29) is 0 Å². The molecule has 0 fully saturated rings. The van der Waals surface area contributed by atoms with Crippen molar-refractivity contribution in [2.45, 2.75) is 6.61 Å². The lowest BCUT2D eigenvalue weighted by atomic mass is 9.99. The minimum absolute atomic E-state index is 0.380. The van der Waals surface area contributed by atoms with Gasteiger partial charge in [-0.15, -0.1) is 0 Å². The zero-order valence-electron chi connectivity index (χ0n) is 14.0. The van der Waals surface area contributed by atoms with Gasteiger partial charge in [0.25, 0.3) is 0 Å². The highest BCUT2D eigenvalue weighted by Gasteiger charge is 2.30.